The molecule has 12 heteroatoms. The Bertz CT molecular complexity index is 2120. The molecule has 2 aliphatic rings. The van der Waals surface area contributed by atoms with E-state index in [-0.39, 0.29) is 12.5 Å². The van der Waals surface area contributed by atoms with Gasteiger partial charge in [0.05, 0.1) is 23.1 Å². The zero-order chi connectivity index (χ0) is 37.3. The second kappa shape index (κ2) is 17.8. The number of nitrogens with zero attached hydrogens (tertiary/aromatic N) is 5. The average molecular weight is 740 g/mol. The molecule has 0 unspecified atom stereocenters. The molecule has 278 valence electrons. The number of carbonyl (C=O) groups is 1. The van der Waals surface area contributed by atoms with Crippen molar-refractivity contribution in [1.29, 1.82) is 0 Å². The molecule has 0 aliphatic carbocycles. The molecule has 2 saturated heterocycles. The average Bonchev–Trinajstić information content (AvgIpc) is 3.65. The second-order valence-electron chi connectivity index (χ2n) is 13.5. The molecular formula is C41H47ClFN7O3. The predicted octanol–water partition coefficient (Wildman–Crippen LogP) is 8.69. The SMILES string of the molecule is C1COC1.C=N/C(=C\C=C/CC1CCN(Cc2nc3cc(C(=O)Nc4cc(CC)c5n[nH]c(C)c5c4)ccc3n2C)CC1)OCc1ccc(Cl)cc1F. The molecule has 10 nitrogen and oxygen atoms in total. The highest BCUT2D eigenvalue weighted by molar-refractivity contribution is 6.30. The molecule has 3 aromatic carbocycles. The number of allylic oxidation sites excluding steroid dienone is 3. The summed E-state index contributed by atoms with van der Waals surface area (Å²) in [6, 6.07) is 14.2. The van der Waals surface area contributed by atoms with Gasteiger partial charge in [-0.1, -0.05) is 36.7 Å². The maximum absolute atomic E-state index is 14.0. The number of aromatic amines is 1. The standard InChI is InChI=1S/C38H41ClFN7O2.C3H6O/c1-5-26-18-30(21-31-24(2)44-45-37(26)31)42-38(48)27-11-13-34-33(19-27)43-35(46(34)4)22-47-16-14-25(15-17-47)8-6-7-9-36(41-3)49-23-28-10-12-29(39)20-32(28)40;1-2-4-3-1/h6-7,9-13,18-21,25H,3,5,8,14-17,22-23H2,1-2,4H3,(H,42,48)(H,44,45);1-3H2/b7-6-,36-9+;. The fourth-order valence-corrected chi connectivity index (χ4v) is 6.63. The summed E-state index contributed by atoms with van der Waals surface area (Å²) in [7, 11) is 2.03. The smallest absolute Gasteiger partial charge is 0.255 e. The lowest BCUT2D eigenvalue weighted by molar-refractivity contribution is 0.0367. The van der Waals surface area contributed by atoms with Gasteiger partial charge in [-0.25, -0.2) is 14.4 Å². The first kappa shape index (κ1) is 37.9. The Kier molecular flexibility index (Phi) is 12.7. The number of benzene rings is 3. The number of halogens is 2. The molecule has 7 rings (SSSR count). The Morgan fingerprint density at radius 3 is 2.64 bits per heavy atom. The van der Waals surface area contributed by atoms with E-state index in [9.17, 15) is 9.18 Å². The van der Waals surface area contributed by atoms with Gasteiger partial charge < -0.3 is 19.4 Å². The minimum absolute atomic E-state index is 0.0477. The van der Waals surface area contributed by atoms with Gasteiger partial charge in [0.25, 0.3) is 5.91 Å². The van der Waals surface area contributed by atoms with E-state index in [1.54, 1.807) is 18.2 Å². The number of hydrogen-bond acceptors (Lipinski definition) is 7. The van der Waals surface area contributed by atoms with Crippen molar-refractivity contribution < 1.29 is 18.7 Å². The molecule has 0 bridgehead atoms. The van der Waals surface area contributed by atoms with Gasteiger partial charge >= 0.3 is 0 Å². The zero-order valence-electron chi connectivity index (χ0n) is 30.6. The number of imidazole rings is 1. The number of aromatic nitrogens is 4. The van der Waals surface area contributed by atoms with Crippen LogP contribution in [0.4, 0.5) is 10.1 Å². The normalized spacial score (nSPS) is 15.4. The van der Waals surface area contributed by atoms with E-state index >= 15 is 0 Å². The van der Waals surface area contributed by atoms with Gasteiger partial charge in [-0.15, -0.1) is 0 Å². The number of piperidine rings is 1. The fraction of sp³-hybridized carbons (Fsp3) is 0.366. The predicted molar refractivity (Wildman–Crippen MR) is 210 cm³/mol. The molecule has 0 atom stereocenters. The van der Waals surface area contributed by atoms with Crippen molar-refractivity contribution in [3.63, 3.8) is 0 Å². The summed E-state index contributed by atoms with van der Waals surface area (Å²) in [5.74, 6) is 1.32. The Labute approximate surface area is 314 Å². The van der Waals surface area contributed by atoms with Crippen molar-refractivity contribution in [3.05, 3.63) is 112 Å². The lowest BCUT2D eigenvalue weighted by Crippen LogP contribution is -2.33. The second-order valence-corrected chi connectivity index (χ2v) is 14.0. The van der Waals surface area contributed by atoms with E-state index in [0.29, 0.717) is 28.0 Å². The fourth-order valence-electron chi connectivity index (χ4n) is 6.47. The van der Waals surface area contributed by atoms with Crippen molar-refractivity contribution >= 4 is 51.8 Å². The number of aryl methyl sites for hydroxylation is 3. The van der Waals surface area contributed by atoms with Crippen LogP contribution in [0, 0.1) is 18.7 Å². The molecule has 2 N–H and O–H groups in total. The van der Waals surface area contributed by atoms with E-state index in [1.165, 1.54) is 12.5 Å². The molecule has 0 saturated carbocycles. The first-order valence-corrected chi connectivity index (χ1v) is 18.5. The van der Waals surface area contributed by atoms with Gasteiger partial charge in [0.1, 0.15) is 18.2 Å². The number of nitrogens with one attached hydrogen (secondary N) is 2. The Balaban J connectivity index is 0.00000113. The summed E-state index contributed by atoms with van der Waals surface area (Å²) in [4.78, 5) is 24.6. The molecule has 1 amide bonds. The molecular weight excluding hydrogens is 693 g/mol. The number of carbonyl (C=O) groups excluding carboxylic acids is 1. The minimum atomic E-state index is -0.413. The van der Waals surface area contributed by atoms with Crippen molar-refractivity contribution in [2.45, 2.75) is 59.1 Å². The van der Waals surface area contributed by atoms with Gasteiger partial charge in [-0.3, -0.25) is 14.8 Å². The monoisotopic (exact) mass is 739 g/mol. The van der Waals surface area contributed by atoms with Crippen LogP contribution in [0.2, 0.25) is 5.02 Å². The van der Waals surface area contributed by atoms with Crippen molar-refractivity contribution in [2.24, 2.45) is 18.0 Å². The molecule has 5 aromatic rings. The number of fused-ring (bicyclic) bond motifs is 2. The van der Waals surface area contributed by atoms with Gasteiger partial charge in [0.15, 0.2) is 0 Å². The third-order valence-corrected chi connectivity index (χ3v) is 10.1. The summed E-state index contributed by atoms with van der Waals surface area (Å²) < 4.78 is 26.5. The quantitative estimate of drug-likeness (QED) is 0.0753. The van der Waals surface area contributed by atoms with Gasteiger partial charge in [-0.2, -0.15) is 5.10 Å². The number of likely N-dealkylation sites (tertiary alicyclic amines) is 1. The van der Waals surface area contributed by atoms with Gasteiger partial charge in [0.2, 0.25) is 5.88 Å². The molecule has 2 aromatic heterocycles. The van der Waals surface area contributed by atoms with Crippen LogP contribution in [0.3, 0.4) is 0 Å². The van der Waals surface area contributed by atoms with Crippen molar-refractivity contribution in [1.82, 2.24) is 24.6 Å². The van der Waals surface area contributed by atoms with Crippen LogP contribution in [0.25, 0.3) is 21.9 Å². The largest absolute Gasteiger partial charge is 0.473 e. The number of aliphatic imine (C=N–C) groups is 1. The summed E-state index contributed by atoms with van der Waals surface area (Å²) >= 11 is 5.82. The Morgan fingerprint density at radius 1 is 1.17 bits per heavy atom. The maximum atomic E-state index is 14.0. The maximum Gasteiger partial charge on any atom is 0.255 e. The number of amides is 1. The number of anilines is 1. The van der Waals surface area contributed by atoms with E-state index in [1.807, 2.05) is 50.4 Å². The van der Waals surface area contributed by atoms with Crippen molar-refractivity contribution in [2.75, 3.05) is 31.6 Å². The van der Waals surface area contributed by atoms with Crippen LogP contribution >= 0.6 is 11.6 Å². The number of H-pyrrole nitrogens is 1. The molecule has 0 radical (unpaired) electrons. The molecule has 2 aliphatic heterocycles. The zero-order valence-corrected chi connectivity index (χ0v) is 31.4. The molecule has 2 fully saturated rings. The molecule has 4 heterocycles. The lowest BCUT2D eigenvalue weighted by Gasteiger charge is -2.31. The van der Waals surface area contributed by atoms with Crippen LogP contribution in [0.15, 0.2) is 77.6 Å². The van der Waals surface area contributed by atoms with E-state index in [2.05, 4.69) is 49.7 Å². The third kappa shape index (κ3) is 9.59. The van der Waals surface area contributed by atoms with E-state index < -0.39 is 5.82 Å². The Morgan fingerprint density at radius 2 is 1.94 bits per heavy atom. The van der Waals surface area contributed by atoms with E-state index in [0.717, 1.165) is 103 Å². The Hall–Kier alpha value is -4.84. The highest BCUT2D eigenvalue weighted by Gasteiger charge is 2.21. The van der Waals surface area contributed by atoms with Crippen molar-refractivity contribution in [3.8, 4) is 0 Å². The summed E-state index contributed by atoms with van der Waals surface area (Å²) in [6.07, 6.45) is 11.0. The minimum Gasteiger partial charge on any atom is -0.473 e. The lowest BCUT2D eigenvalue weighted by atomic mass is 9.93. The van der Waals surface area contributed by atoms with E-state index in [4.69, 9.17) is 26.1 Å². The van der Waals surface area contributed by atoms with Crippen LogP contribution < -0.4 is 5.32 Å². The van der Waals surface area contributed by atoms with Gasteiger partial charge in [0, 0.05) is 53.2 Å². The number of ether oxygens (including phenoxy) is 2. The topological polar surface area (TPSA) is 110 Å². The highest BCUT2D eigenvalue weighted by atomic mass is 35.5. The first-order valence-electron chi connectivity index (χ1n) is 18.2. The molecule has 53 heavy (non-hydrogen) atoms. The third-order valence-electron chi connectivity index (χ3n) is 9.84. The highest BCUT2D eigenvalue weighted by Crippen LogP contribution is 2.27. The summed E-state index contributed by atoms with van der Waals surface area (Å²) in [5, 5.41) is 11.9. The van der Waals surface area contributed by atoms with Crippen LogP contribution in [0.1, 0.15) is 65.6 Å². The van der Waals surface area contributed by atoms with Gasteiger partial charge in [-0.05, 0) is 119 Å². The van der Waals surface area contributed by atoms with Crippen LogP contribution in [-0.2, 0) is 36.1 Å². The molecule has 0 spiro atoms. The van der Waals surface area contributed by atoms with Crippen LogP contribution in [0.5, 0.6) is 0 Å². The number of hydrogen-bond donors (Lipinski definition) is 2. The summed E-state index contributed by atoms with van der Waals surface area (Å²) in [5.41, 5.74) is 6.55. The first-order chi connectivity index (χ1) is 25.7. The number of rotatable bonds is 12. The summed E-state index contributed by atoms with van der Waals surface area (Å²) in [6.45, 7) is 12.4. The van der Waals surface area contributed by atoms with Crippen LogP contribution in [-0.4, -0.2) is 63.6 Å².